The highest BCUT2D eigenvalue weighted by molar-refractivity contribution is 6.32. The fourth-order valence-corrected chi connectivity index (χ4v) is 1.39. The first-order valence-electron chi connectivity index (χ1n) is 4.34. The van der Waals surface area contributed by atoms with Crippen molar-refractivity contribution in [3.8, 4) is 5.75 Å². The van der Waals surface area contributed by atoms with Gasteiger partial charge in [-0.25, -0.2) is 0 Å². The van der Waals surface area contributed by atoms with Crippen LogP contribution in [0, 0.1) is 0 Å². The van der Waals surface area contributed by atoms with Gasteiger partial charge < -0.3 is 10.5 Å². The molecule has 0 saturated carbocycles. The van der Waals surface area contributed by atoms with E-state index in [9.17, 15) is 4.39 Å². The van der Waals surface area contributed by atoms with Gasteiger partial charge in [-0.2, -0.15) is 0 Å². The van der Waals surface area contributed by atoms with Crippen molar-refractivity contribution >= 4 is 24.0 Å². The number of halogens is 3. The Labute approximate surface area is 100.0 Å². The number of ether oxygens (including phenoxy) is 1. The van der Waals surface area contributed by atoms with E-state index in [1.807, 2.05) is 0 Å². The normalized spacial score (nSPS) is 11.7. The van der Waals surface area contributed by atoms with Crippen LogP contribution in [0.25, 0.3) is 0 Å². The third-order valence-corrected chi connectivity index (χ3v) is 2.34. The Balaban J connectivity index is 0.00000196. The predicted molar refractivity (Wildman–Crippen MR) is 62.8 cm³/mol. The topological polar surface area (TPSA) is 35.2 Å². The van der Waals surface area contributed by atoms with Crippen LogP contribution in [0.1, 0.15) is 18.0 Å². The summed E-state index contributed by atoms with van der Waals surface area (Å²) in [5.41, 5.74) is 6.58. The minimum absolute atomic E-state index is 0. The van der Waals surface area contributed by atoms with Crippen molar-refractivity contribution < 1.29 is 9.13 Å². The second kappa shape index (κ2) is 6.88. The molecule has 15 heavy (non-hydrogen) atoms. The molecule has 0 spiro atoms. The van der Waals surface area contributed by atoms with Crippen LogP contribution in [0.5, 0.6) is 5.75 Å². The van der Waals surface area contributed by atoms with Gasteiger partial charge in [-0.1, -0.05) is 17.7 Å². The maximum Gasteiger partial charge on any atom is 0.137 e. The summed E-state index contributed by atoms with van der Waals surface area (Å²) >= 11 is 5.84. The molecule has 0 aliphatic heterocycles. The van der Waals surface area contributed by atoms with Crippen molar-refractivity contribution in [3.05, 3.63) is 28.8 Å². The number of alkyl halides is 1. The smallest absolute Gasteiger partial charge is 0.137 e. The lowest BCUT2D eigenvalue weighted by Gasteiger charge is -2.11. The Morgan fingerprint density at radius 3 is 2.73 bits per heavy atom. The van der Waals surface area contributed by atoms with Gasteiger partial charge in [0.2, 0.25) is 0 Å². The number of nitrogens with two attached hydrogens (primary N) is 1. The number of methoxy groups -OCH3 is 1. The van der Waals surface area contributed by atoms with Crippen LogP contribution in [0.2, 0.25) is 5.02 Å². The quantitative estimate of drug-likeness (QED) is 0.895. The molecule has 0 aliphatic carbocycles. The summed E-state index contributed by atoms with van der Waals surface area (Å²) in [7, 11) is 1.53. The summed E-state index contributed by atoms with van der Waals surface area (Å²) in [6.07, 6.45) is 0.310. The highest BCUT2D eigenvalue weighted by Gasteiger charge is 2.08. The maximum absolute atomic E-state index is 12.1. The van der Waals surface area contributed by atoms with Crippen LogP contribution in [-0.2, 0) is 0 Å². The minimum Gasteiger partial charge on any atom is -0.495 e. The third kappa shape index (κ3) is 3.86. The molecule has 0 fully saturated rings. The molecule has 1 aromatic rings. The van der Waals surface area contributed by atoms with Crippen LogP contribution in [0.4, 0.5) is 4.39 Å². The van der Waals surface area contributed by atoms with E-state index in [-0.39, 0.29) is 18.4 Å². The summed E-state index contributed by atoms with van der Waals surface area (Å²) in [5, 5.41) is 0.531. The standard InChI is InChI=1S/C10H13ClFNO.ClH/c1-14-10-6-7(2-3-8(10)11)9(13)4-5-12;/h2-3,6,9H,4-5,13H2,1H3;1H/t9-;/m0./s1. The zero-order valence-corrected chi connectivity index (χ0v) is 9.95. The minimum atomic E-state index is -0.424. The van der Waals surface area contributed by atoms with Gasteiger partial charge in [0, 0.05) is 6.04 Å². The first kappa shape index (κ1) is 14.5. The van der Waals surface area contributed by atoms with Gasteiger partial charge in [0.05, 0.1) is 18.8 Å². The lowest BCUT2D eigenvalue weighted by atomic mass is 10.1. The molecule has 5 heteroatoms. The van der Waals surface area contributed by atoms with Crippen molar-refractivity contribution in [1.82, 2.24) is 0 Å². The SMILES string of the molecule is COc1cc([C@@H](N)CCF)ccc1Cl.Cl. The molecular formula is C10H14Cl2FNO. The van der Waals surface area contributed by atoms with Gasteiger partial charge in [-0.3, -0.25) is 4.39 Å². The highest BCUT2D eigenvalue weighted by atomic mass is 35.5. The molecule has 0 amide bonds. The summed E-state index contributed by atoms with van der Waals surface area (Å²) < 4.78 is 17.1. The fourth-order valence-electron chi connectivity index (χ4n) is 1.19. The van der Waals surface area contributed by atoms with E-state index < -0.39 is 6.67 Å². The average Bonchev–Trinajstić information content (AvgIpc) is 2.19. The molecular weight excluding hydrogens is 240 g/mol. The van der Waals surface area contributed by atoms with Crippen LogP contribution in [0.15, 0.2) is 18.2 Å². The number of rotatable bonds is 4. The lowest BCUT2D eigenvalue weighted by molar-refractivity contribution is 0.412. The van der Waals surface area contributed by atoms with Gasteiger partial charge in [0.15, 0.2) is 0 Å². The van der Waals surface area contributed by atoms with E-state index in [2.05, 4.69) is 0 Å². The highest BCUT2D eigenvalue weighted by Crippen LogP contribution is 2.27. The molecule has 1 rings (SSSR count). The van der Waals surface area contributed by atoms with E-state index in [0.29, 0.717) is 17.2 Å². The lowest BCUT2D eigenvalue weighted by Crippen LogP contribution is -2.10. The first-order valence-corrected chi connectivity index (χ1v) is 4.71. The third-order valence-electron chi connectivity index (χ3n) is 2.02. The van der Waals surface area contributed by atoms with Crippen molar-refractivity contribution in [3.63, 3.8) is 0 Å². The van der Waals surface area contributed by atoms with E-state index in [4.69, 9.17) is 22.1 Å². The maximum atomic E-state index is 12.1. The van der Waals surface area contributed by atoms with Gasteiger partial charge in [-0.05, 0) is 24.1 Å². The summed E-state index contributed by atoms with van der Waals surface area (Å²) in [4.78, 5) is 0. The van der Waals surface area contributed by atoms with E-state index in [1.54, 1.807) is 18.2 Å². The molecule has 0 radical (unpaired) electrons. The zero-order chi connectivity index (χ0) is 10.6. The van der Waals surface area contributed by atoms with Crippen molar-refractivity contribution in [2.75, 3.05) is 13.8 Å². The molecule has 0 saturated heterocycles. The molecule has 1 aromatic carbocycles. The van der Waals surface area contributed by atoms with E-state index >= 15 is 0 Å². The van der Waals surface area contributed by atoms with Crippen LogP contribution in [0.3, 0.4) is 0 Å². The summed E-state index contributed by atoms with van der Waals surface area (Å²) in [6, 6.07) is 4.92. The van der Waals surface area contributed by atoms with Crippen LogP contribution in [-0.4, -0.2) is 13.8 Å². The molecule has 0 heterocycles. The van der Waals surface area contributed by atoms with E-state index in [0.717, 1.165) is 5.56 Å². The molecule has 0 aliphatic rings. The molecule has 2 N–H and O–H groups in total. The van der Waals surface area contributed by atoms with Gasteiger partial charge in [-0.15, -0.1) is 12.4 Å². The molecule has 0 unspecified atom stereocenters. The molecule has 0 aromatic heterocycles. The first-order chi connectivity index (χ1) is 6.69. The average molecular weight is 254 g/mol. The molecule has 86 valence electrons. The largest absolute Gasteiger partial charge is 0.495 e. The van der Waals surface area contributed by atoms with Crippen LogP contribution < -0.4 is 10.5 Å². The van der Waals surface area contributed by atoms with E-state index in [1.165, 1.54) is 7.11 Å². The monoisotopic (exact) mass is 253 g/mol. The predicted octanol–water partition coefficient (Wildman–Crippen LogP) is 3.13. The number of benzene rings is 1. The molecule has 0 bridgehead atoms. The Hall–Kier alpha value is -0.510. The second-order valence-corrected chi connectivity index (χ2v) is 3.39. The van der Waals surface area contributed by atoms with Crippen molar-refractivity contribution in [2.24, 2.45) is 5.73 Å². The van der Waals surface area contributed by atoms with Gasteiger partial charge in [0.1, 0.15) is 5.75 Å². The Bertz CT molecular complexity index is 309. The number of hydrogen-bond donors (Lipinski definition) is 1. The molecule has 1 atom stereocenters. The fraction of sp³-hybridized carbons (Fsp3) is 0.400. The van der Waals surface area contributed by atoms with Crippen molar-refractivity contribution in [1.29, 1.82) is 0 Å². The van der Waals surface area contributed by atoms with Crippen LogP contribution >= 0.6 is 24.0 Å². The second-order valence-electron chi connectivity index (χ2n) is 2.98. The Morgan fingerprint density at radius 1 is 1.53 bits per heavy atom. The Kier molecular flexibility index (Phi) is 6.65. The Morgan fingerprint density at radius 2 is 2.20 bits per heavy atom. The number of hydrogen-bond acceptors (Lipinski definition) is 2. The molecule has 2 nitrogen and oxygen atoms in total. The summed E-state index contributed by atoms with van der Waals surface area (Å²) in [5.74, 6) is 0.568. The zero-order valence-electron chi connectivity index (χ0n) is 8.37. The summed E-state index contributed by atoms with van der Waals surface area (Å²) in [6.45, 7) is -0.424. The van der Waals surface area contributed by atoms with Crippen molar-refractivity contribution in [2.45, 2.75) is 12.5 Å². The van der Waals surface area contributed by atoms with Gasteiger partial charge >= 0.3 is 0 Å². The van der Waals surface area contributed by atoms with Gasteiger partial charge in [0.25, 0.3) is 0 Å².